The van der Waals surface area contributed by atoms with Gasteiger partial charge in [0.15, 0.2) is 0 Å². The van der Waals surface area contributed by atoms with Crippen molar-refractivity contribution in [2.45, 2.75) is 83.6 Å². The molecule has 0 bridgehead atoms. The van der Waals surface area contributed by atoms with Gasteiger partial charge in [0.1, 0.15) is 0 Å². The van der Waals surface area contributed by atoms with E-state index < -0.39 is 11.6 Å². The zero-order valence-corrected chi connectivity index (χ0v) is 19.3. The third kappa shape index (κ3) is 6.27. The zero-order valence-electron chi connectivity index (χ0n) is 19.3. The first kappa shape index (κ1) is 25.3. The molecule has 0 aliphatic carbocycles. The second-order valence-electron chi connectivity index (χ2n) is 8.87. The highest BCUT2D eigenvalue weighted by molar-refractivity contribution is 5.95. The van der Waals surface area contributed by atoms with E-state index in [0.717, 1.165) is 57.6 Å². The van der Waals surface area contributed by atoms with Crippen molar-refractivity contribution in [3.8, 4) is 0 Å². The summed E-state index contributed by atoms with van der Waals surface area (Å²) in [6, 6.07) is -0.423. The number of piperidine rings is 1. The van der Waals surface area contributed by atoms with Crippen molar-refractivity contribution in [3.63, 3.8) is 0 Å². The standard InChI is InChI=1S/C21H36N4O3.CH2O2/c1-5-9-24-11-7-21(8-12-24)15-20(4,27)18(14-28-21)23-19(26)17-13-22-25(10-6-2)16(17)3;2-1-3/h13,18,27H,5-12,14-15H2,1-4H3,(H,23,26);1H,(H,2,3)/t18-,20-;/m0./s1. The Hall–Kier alpha value is -1.97. The molecule has 3 heterocycles. The van der Waals surface area contributed by atoms with Crippen LogP contribution in [0.3, 0.4) is 0 Å². The maximum atomic E-state index is 12.8. The monoisotopic (exact) mass is 438 g/mol. The van der Waals surface area contributed by atoms with Gasteiger partial charge in [-0.25, -0.2) is 0 Å². The summed E-state index contributed by atoms with van der Waals surface area (Å²) < 4.78 is 8.12. The maximum Gasteiger partial charge on any atom is 0.290 e. The van der Waals surface area contributed by atoms with Crippen molar-refractivity contribution in [2.24, 2.45) is 0 Å². The van der Waals surface area contributed by atoms with E-state index in [1.54, 1.807) is 6.20 Å². The van der Waals surface area contributed by atoms with Crippen LogP contribution >= 0.6 is 0 Å². The number of aryl methyl sites for hydroxylation is 1. The van der Waals surface area contributed by atoms with Crippen molar-refractivity contribution in [1.82, 2.24) is 20.0 Å². The van der Waals surface area contributed by atoms with Gasteiger partial charge in [-0.1, -0.05) is 13.8 Å². The molecule has 1 amide bonds. The Morgan fingerprint density at radius 1 is 1.32 bits per heavy atom. The van der Waals surface area contributed by atoms with Crippen LogP contribution in [0.2, 0.25) is 0 Å². The maximum absolute atomic E-state index is 12.8. The predicted octanol–water partition coefficient (Wildman–Crippen LogP) is 1.82. The zero-order chi connectivity index (χ0) is 23.1. The number of carboxylic acid groups (broad SMARTS) is 1. The average molecular weight is 439 g/mol. The van der Waals surface area contributed by atoms with Crippen molar-refractivity contribution in [3.05, 3.63) is 17.5 Å². The molecule has 2 fully saturated rings. The van der Waals surface area contributed by atoms with Crippen LogP contribution < -0.4 is 5.32 Å². The summed E-state index contributed by atoms with van der Waals surface area (Å²) in [5.74, 6) is -0.192. The third-order valence-corrected chi connectivity index (χ3v) is 6.38. The van der Waals surface area contributed by atoms with Gasteiger partial charge in [-0.15, -0.1) is 0 Å². The number of aromatic nitrogens is 2. The molecule has 3 N–H and O–H groups in total. The third-order valence-electron chi connectivity index (χ3n) is 6.38. The smallest absolute Gasteiger partial charge is 0.290 e. The minimum atomic E-state index is -0.992. The Morgan fingerprint density at radius 3 is 2.48 bits per heavy atom. The molecule has 1 aromatic rings. The highest BCUT2D eigenvalue weighted by Crippen LogP contribution is 2.39. The Morgan fingerprint density at radius 2 is 1.94 bits per heavy atom. The van der Waals surface area contributed by atoms with Crippen LogP contribution in [-0.4, -0.2) is 80.8 Å². The van der Waals surface area contributed by atoms with Crippen LogP contribution in [0.15, 0.2) is 6.20 Å². The number of carbonyl (C=O) groups is 2. The predicted molar refractivity (Wildman–Crippen MR) is 117 cm³/mol. The van der Waals surface area contributed by atoms with Gasteiger partial charge >= 0.3 is 0 Å². The van der Waals surface area contributed by atoms with E-state index in [1.165, 1.54) is 0 Å². The molecule has 2 atom stereocenters. The van der Waals surface area contributed by atoms with Crippen molar-refractivity contribution in [2.75, 3.05) is 26.2 Å². The Kier molecular flexibility index (Phi) is 9.02. The molecule has 31 heavy (non-hydrogen) atoms. The number of nitrogens with zero attached hydrogens (tertiary/aromatic N) is 3. The topological polar surface area (TPSA) is 117 Å². The summed E-state index contributed by atoms with van der Waals surface area (Å²) in [5, 5.41) is 25.3. The minimum Gasteiger partial charge on any atom is -0.483 e. The van der Waals surface area contributed by atoms with E-state index in [4.69, 9.17) is 14.6 Å². The summed E-state index contributed by atoms with van der Waals surface area (Å²) in [6.07, 6.45) is 6.17. The van der Waals surface area contributed by atoms with Gasteiger partial charge in [-0.2, -0.15) is 5.10 Å². The first-order chi connectivity index (χ1) is 14.7. The second-order valence-corrected chi connectivity index (χ2v) is 8.87. The second kappa shape index (κ2) is 11.1. The fourth-order valence-electron chi connectivity index (χ4n) is 4.63. The van der Waals surface area contributed by atoms with Gasteiger partial charge < -0.3 is 25.2 Å². The number of ether oxygens (including phenoxy) is 1. The van der Waals surface area contributed by atoms with E-state index in [1.807, 2.05) is 18.5 Å². The molecular formula is C22H38N4O5. The Labute approximate surface area is 184 Å². The lowest BCUT2D eigenvalue weighted by Gasteiger charge is -2.51. The van der Waals surface area contributed by atoms with Crippen LogP contribution in [0.25, 0.3) is 0 Å². The summed E-state index contributed by atoms with van der Waals surface area (Å²) in [5.41, 5.74) is 0.165. The molecule has 1 spiro atoms. The molecule has 2 saturated heterocycles. The fourth-order valence-corrected chi connectivity index (χ4v) is 4.63. The molecule has 0 radical (unpaired) electrons. The van der Waals surface area contributed by atoms with E-state index in [-0.39, 0.29) is 18.0 Å². The molecule has 0 unspecified atom stereocenters. The first-order valence-electron chi connectivity index (χ1n) is 11.2. The number of hydrogen-bond donors (Lipinski definition) is 3. The van der Waals surface area contributed by atoms with E-state index >= 15 is 0 Å². The molecule has 9 heteroatoms. The first-order valence-corrected chi connectivity index (χ1v) is 11.2. The SMILES string of the molecule is CCCN1CCC2(CC1)C[C@](C)(O)[C@@H](NC(=O)c1cnn(CCC)c1C)CO2.O=CO. The quantitative estimate of drug-likeness (QED) is 0.580. The average Bonchev–Trinajstić information content (AvgIpc) is 3.07. The largest absolute Gasteiger partial charge is 0.483 e. The summed E-state index contributed by atoms with van der Waals surface area (Å²) in [4.78, 5) is 23.6. The van der Waals surface area contributed by atoms with Gasteiger partial charge in [0.2, 0.25) is 0 Å². The Bertz CT molecular complexity index is 725. The number of aliphatic hydroxyl groups is 1. The molecule has 176 valence electrons. The van der Waals surface area contributed by atoms with Crippen LogP contribution in [0.4, 0.5) is 0 Å². The van der Waals surface area contributed by atoms with Gasteiger partial charge in [-0.3, -0.25) is 14.3 Å². The number of nitrogens with one attached hydrogen (secondary N) is 1. The van der Waals surface area contributed by atoms with Crippen molar-refractivity contribution >= 4 is 12.4 Å². The normalized spacial score (nSPS) is 25.5. The summed E-state index contributed by atoms with van der Waals surface area (Å²) >= 11 is 0. The fraction of sp³-hybridized carbons (Fsp3) is 0.773. The van der Waals surface area contributed by atoms with Gasteiger partial charge in [-0.05, 0) is 46.1 Å². The van der Waals surface area contributed by atoms with E-state index in [2.05, 4.69) is 29.2 Å². The van der Waals surface area contributed by atoms with Crippen LogP contribution in [0, 0.1) is 6.92 Å². The molecule has 2 aliphatic rings. The molecule has 1 aromatic heterocycles. The van der Waals surface area contributed by atoms with Crippen LogP contribution in [0.1, 0.15) is 68.9 Å². The van der Waals surface area contributed by atoms with Gasteiger partial charge in [0.05, 0.1) is 35.6 Å². The summed E-state index contributed by atoms with van der Waals surface area (Å²) in [7, 11) is 0. The van der Waals surface area contributed by atoms with Crippen molar-refractivity contribution < 1.29 is 24.5 Å². The highest BCUT2D eigenvalue weighted by atomic mass is 16.5. The lowest BCUT2D eigenvalue weighted by Crippen LogP contribution is -2.64. The Balaban J connectivity index is 0.00000107. The van der Waals surface area contributed by atoms with Gasteiger partial charge in [0.25, 0.3) is 12.4 Å². The lowest BCUT2D eigenvalue weighted by atomic mass is 9.75. The molecule has 9 nitrogen and oxygen atoms in total. The number of hydrogen-bond acceptors (Lipinski definition) is 6. The van der Waals surface area contributed by atoms with Crippen molar-refractivity contribution in [1.29, 1.82) is 0 Å². The van der Waals surface area contributed by atoms with E-state index in [9.17, 15) is 9.90 Å². The molecule has 2 aliphatic heterocycles. The molecule has 0 saturated carbocycles. The molecular weight excluding hydrogens is 400 g/mol. The number of carbonyl (C=O) groups excluding carboxylic acids is 1. The van der Waals surface area contributed by atoms with Crippen LogP contribution in [-0.2, 0) is 16.1 Å². The lowest BCUT2D eigenvalue weighted by molar-refractivity contribution is -0.186. The number of likely N-dealkylation sites (tertiary alicyclic amines) is 1. The molecule has 3 rings (SSSR count). The number of amides is 1. The van der Waals surface area contributed by atoms with E-state index in [0.29, 0.717) is 18.6 Å². The number of rotatable bonds is 6. The molecule has 0 aromatic carbocycles. The highest BCUT2D eigenvalue weighted by Gasteiger charge is 2.49. The van der Waals surface area contributed by atoms with Crippen LogP contribution in [0.5, 0.6) is 0 Å². The van der Waals surface area contributed by atoms with Gasteiger partial charge in [0, 0.05) is 31.7 Å². The summed E-state index contributed by atoms with van der Waals surface area (Å²) in [6.45, 7) is 12.0. The minimum absolute atomic E-state index is 0.192.